The number of aromatic nitrogens is 4. The molecule has 47 heavy (non-hydrogen) atoms. The van der Waals surface area contributed by atoms with Crippen molar-refractivity contribution >= 4 is 0 Å². The van der Waals surface area contributed by atoms with Crippen LogP contribution in [0.15, 0.2) is 67.3 Å². The summed E-state index contributed by atoms with van der Waals surface area (Å²) in [5.41, 5.74) is 5.12. The van der Waals surface area contributed by atoms with Gasteiger partial charge >= 0.3 is 0 Å². The van der Waals surface area contributed by atoms with Crippen molar-refractivity contribution in [1.82, 2.24) is 19.9 Å². The van der Waals surface area contributed by atoms with Crippen LogP contribution in [0.3, 0.4) is 0 Å². The number of ether oxygens (including phenoxy) is 1. The summed E-state index contributed by atoms with van der Waals surface area (Å²) in [5.74, 6) is 1.61. The van der Waals surface area contributed by atoms with Gasteiger partial charge in [0.15, 0.2) is 0 Å². The fourth-order valence-electron chi connectivity index (χ4n) is 5.05. The monoisotopic (exact) mass is 731 g/mol. The SMILES string of the molecule is CCCCCCCCCCCOc1c[c-]c(-c2ncc(CCCCCC)cn2)cc1.OCc1ccnc(-c2cc(CO)ccn2)c1.[Pd]. The molecule has 4 rings (SSSR count). The Morgan fingerprint density at radius 1 is 0.617 bits per heavy atom. The number of hydrogen-bond acceptors (Lipinski definition) is 7. The minimum absolute atomic E-state index is 0. The standard InChI is InChI=1S/C27H41N2O.C12H12N2O2.Pd/c1-3-5-7-9-10-11-12-13-15-21-30-26-19-17-25(18-20-26)27-28-22-24(23-29-27)16-14-8-6-4-2;15-7-9-1-3-13-11(5-9)12-6-10(8-16)2-4-14-12;/h17,19-20,22-23H,3-16,21H2,1-2H3;1-6,15-16H,7-8H2;/q-1;;. The molecule has 8 heteroatoms. The van der Waals surface area contributed by atoms with Crippen LogP contribution in [0.1, 0.15) is 114 Å². The van der Waals surface area contributed by atoms with Crippen molar-refractivity contribution in [3.05, 3.63) is 90.0 Å². The first-order chi connectivity index (χ1) is 22.7. The molecule has 0 spiro atoms. The van der Waals surface area contributed by atoms with Crippen LogP contribution in [0.2, 0.25) is 0 Å². The summed E-state index contributed by atoms with van der Waals surface area (Å²) in [7, 11) is 0. The molecule has 0 saturated heterocycles. The first-order valence-corrected chi connectivity index (χ1v) is 17.2. The topological polar surface area (TPSA) is 101 Å². The fraction of sp³-hybridized carbons (Fsp3) is 0.487. The summed E-state index contributed by atoms with van der Waals surface area (Å²) in [5, 5.41) is 18.0. The van der Waals surface area contributed by atoms with Gasteiger partial charge in [-0.3, -0.25) is 19.9 Å². The van der Waals surface area contributed by atoms with E-state index in [1.807, 2.05) is 30.6 Å². The van der Waals surface area contributed by atoms with Gasteiger partial charge in [0.2, 0.25) is 0 Å². The molecule has 0 aliphatic heterocycles. The van der Waals surface area contributed by atoms with E-state index in [1.165, 1.54) is 82.6 Å². The molecular weight excluding hydrogens is 679 g/mol. The van der Waals surface area contributed by atoms with Gasteiger partial charge in [0, 0.05) is 51.0 Å². The molecule has 0 saturated carbocycles. The van der Waals surface area contributed by atoms with Gasteiger partial charge in [-0.2, -0.15) is 0 Å². The fourth-order valence-corrected chi connectivity index (χ4v) is 5.05. The molecule has 7 nitrogen and oxygen atoms in total. The Hall–Kier alpha value is -3.02. The third kappa shape index (κ3) is 16.1. The molecule has 0 aliphatic rings. The van der Waals surface area contributed by atoms with Crippen molar-refractivity contribution in [1.29, 1.82) is 0 Å². The average molecular weight is 732 g/mol. The van der Waals surface area contributed by atoms with E-state index in [9.17, 15) is 0 Å². The van der Waals surface area contributed by atoms with Gasteiger partial charge in [-0.25, -0.2) is 0 Å². The molecule has 0 fully saturated rings. The summed E-state index contributed by atoms with van der Waals surface area (Å²) < 4.78 is 5.87. The Morgan fingerprint density at radius 3 is 1.66 bits per heavy atom. The van der Waals surface area contributed by atoms with E-state index in [4.69, 9.17) is 14.9 Å². The van der Waals surface area contributed by atoms with Crippen molar-refractivity contribution in [2.24, 2.45) is 0 Å². The van der Waals surface area contributed by atoms with Crippen LogP contribution in [0.25, 0.3) is 22.8 Å². The van der Waals surface area contributed by atoms with Crippen molar-refractivity contribution in [3.8, 4) is 28.5 Å². The quantitative estimate of drug-likeness (QED) is 0.0531. The first-order valence-electron chi connectivity index (χ1n) is 17.2. The molecule has 4 aromatic rings. The molecule has 258 valence electrons. The molecule has 0 radical (unpaired) electrons. The minimum atomic E-state index is -0.0186. The number of rotatable bonds is 20. The number of aliphatic hydroxyl groups is 2. The van der Waals surface area contributed by atoms with Gasteiger partial charge < -0.3 is 14.9 Å². The average Bonchev–Trinajstić information content (AvgIpc) is 3.12. The minimum Gasteiger partial charge on any atom is -0.537 e. The van der Waals surface area contributed by atoms with Crippen LogP contribution in [-0.2, 0) is 40.1 Å². The van der Waals surface area contributed by atoms with E-state index in [0.717, 1.165) is 47.7 Å². The third-order valence-electron chi connectivity index (χ3n) is 7.84. The van der Waals surface area contributed by atoms with E-state index >= 15 is 0 Å². The Morgan fingerprint density at radius 2 is 1.15 bits per heavy atom. The second-order valence-electron chi connectivity index (χ2n) is 11.8. The Kier molecular flexibility index (Phi) is 21.4. The molecule has 2 N–H and O–H groups in total. The van der Waals surface area contributed by atoms with Crippen LogP contribution < -0.4 is 4.74 Å². The summed E-state index contributed by atoms with van der Waals surface area (Å²) in [6, 6.07) is 16.2. The van der Waals surface area contributed by atoms with Crippen molar-refractivity contribution in [3.63, 3.8) is 0 Å². The van der Waals surface area contributed by atoms with Crippen LogP contribution in [0.4, 0.5) is 0 Å². The molecule has 3 heterocycles. The molecular formula is C39H53N4O3Pd-. The van der Waals surface area contributed by atoms with Gasteiger partial charge in [0.05, 0.1) is 37.0 Å². The predicted octanol–water partition coefficient (Wildman–Crippen LogP) is 9.10. The zero-order chi connectivity index (χ0) is 32.7. The van der Waals surface area contributed by atoms with Gasteiger partial charge in [0.1, 0.15) is 0 Å². The first kappa shape index (κ1) is 40.2. The Bertz CT molecular complexity index is 1310. The molecule has 0 atom stereocenters. The predicted molar refractivity (Wildman–Crippen MR) is 186 cm³/mol. The normalized spacial score (nSPS) is 10.6. The van der Waals surface area contributed by atoms with Crippen molar-refractivity contribution < 1.29 is 35.4 Å². The smallest absolute Gasteiger partial charge is 0.0889 e. The van der Waals surface area contributed by atoms with Gasteiger partial charge in [-0.15, -0.1) is 29.8 Å². The summed E-state index contributed by atoms with van der Waals surface area (Å²) in [6.07, 6.45) is 25.3. The number of nitrogens with zero attached hydrogens (tertiary/aromatic N) is 4. The number of hydrogen-bond donors (Lipinski definition) is 2. The number of pyridine rings is 2. The molecule has 0 aliphatic carbocycles. The second-order valence-corrected chi connectivity index (χ2v) is 11.8. The van der Waals surface area contributed by atoms with Gasteiger partial charge in [-0.05, 0) is 60.2 Å². The number of aryl methyl sites for hydroxylation is 1. The van der Waals surface area contributed by atoms with E-state index in [0.29, 0.717) is 11.4 Å². The van der Waals surface area contributed by atoms with Crippen LogP contribution >= 0.6 is 0 Å². The Labute approximate surface area is 296 Å². The molecule has 0 bridgehead atoms. The van der Waals surface area contributed by atoms with E-state index in [2.05, 4.69) is 39.8 Å². The number of unbranched alkanes of at least 4 members (excludes halogenated alkanes) is 11. The molecule has 0 unspecified atom stereocenters. The summed E-state index contributed by atoms with van der Waals surface area (Å²) in [4.78, 5) is 17.4. The van der Waals surface area contributed by atoms with Crippen LogP contribution in [0.5, 0.6) is 5.75 Å². The van der Waals surface area contributed by atoms with E-state index in [-0.39, 0.29) is 33.6 Å². The van der Waals surface area contributed by atoms with Gasteiger partial charge in [0.25, 0.3) is 0 Å². The molecule has 3 aromatic heterocycles. The van der Waals surface area contributed by atoms with Crippen molar-refractivity contribution in [2.75, 3.05) is 6.61 Å². The third-order valence-corrected chi connectivity index (χ3v) is 7.84. The van der Waals surface area contributed by atoms with Crippen LogP contribution in [0, 0.1) is 6.07 Å². The van der Waals surface area contributed by atoms with Crippen LogP contribution in [-0.4, -0.2) is 36.8 Å². The van der Waals surface area contributed by atoms with Crippen molar-refractivity contribution in [2.45, 2.75) is 117 Å². The van der Waals surface area contributed by atoms with E-state index in [1.54, 1.807) is 36.7 Å². The largest absolute Gasteiger partial charge is 0.537 e. The summed E-state index contributed by atoms with van der Waals surface area (Å²) in [6.45, 7) is 5.26. The number of aliphatic hydroxyl groups excluding tert-OH is 2. The second kappa shape index (κ2) is 25.1. The van der Waals surface area contributed by atoms with E-state index < -0.39 is 0 Å². The van der Waals surface area contributed by atoms with Gasteiger partial charge in [-0.1, -0.05) is 84.5 Å². The molecule has 0 amide bonds. The summed E-state index contributed by atoms with van der Waals surface area (Å²) >= 11 is 0. The Balaban J connectivity index is 0.000000380. The zero-order valence-corrected chi connectivity index (χ0v) is 29.8. The number of benzene rings is 1. The maximum Gasteiger partial charge on any atom is 0.0889 e. The zero-order valence-electron chi connectivity index (χ0n) is 28.3. The maximum atomic E-state index is 9.02. The molecule has 1 aromatic carbocycles. The maximum absolute atomic E-state index is 9.02.